The molecule has 110 valence electrons. The molecule has 1 N–H and O–H groups in total. The van der Waals surface area contributed by atoms with Gasteiger partial charge in [-0.25, -0.2) is 4.39 Å². The number of halogens is 1. The molecule has 1 aliphatic carbocycles. The summed E-state index contributed by atoms with van der Waals surface area (Å²) in [4.78, 5) is 12.4. The lowest BCUT2D eigenvalue weighted by molar-refractivity contribution is 0.0910. The number of ether oxygens (including phenoxy) is 1. The smallest absolute Gasteiger partial charge is 0.175 e. The molecule has 1 saturated carbocycles. The fourth-order valence-electron chi connectivity index (χ4n) is 3.03. The number of hydrogen-bond donors (Lipinski definition) is 1. The van der Waals surface area contributed by atoms with Crippen LogP contribution in [0.25, 0.3) is 0 Å². The number of hydrogen-bond acceptors (Lipinski definition) is 3. The van der Waals surface area contributed by atoms with Crippen LogP contribution in [0.15, 0.2) is 18.2 Å². The molecule has 1 aromatic carbocycles. The monoisotopic (exact) mass is 279 g/mol. The largest absolute Gasteiger partial charge is 0.494 e. The Kier molecular flexibility index (Phi) is 4.76. The van der Waals surface area contributed by atoms with Gasteiger partial charge in [0.15, 0.2) is 17.3 Å². The molecule has 0 unspecified atom stereocenters. The third-order valence-corrected chi connectivity index (χ3v) is 4.32. The van der Waals surface area contributed by atoms with Crippen molar-refractivity contribution in [3.05, 3.63) is 29.6 Å². The van der Waals surface area contributed by atoms with Crippen LogP contribution in [0.2, 0.25) is 0 Å². The Balaban J connectivity index is 2.19. The van der Waals surface area contributed by atoms with Gasteiger partial charge in [0.2, 0.25) is 0 Å². The van der Waals surface area contributed by atoms with Crippen molar-refractivity contribution in [2.45, 2.75) is 44.1 Å². The number of methoxy groups -OCH3 is 1. The summed E-state index contributed by atoms with van der Waals surface area (Å²) < 4.78 is 19.1. The zero-order chi connectivity index (χ0) is 14.6. The molecule has 1 aromatic rings. The molecule has 1 aliphatic rings. The van der Waals surface area contributed by atoms with Crippen molar-refractivity contribution < 1.29 is 13.9 Å². The molecule has 0 spiro atoms. The molecule has 3 nitrogen and oxygen atoms in total. The molecule has 0 atom stereocenters. The van der Waals surface area contributed by atoms with Crippen molar-refractivity contribution in [1.29, 1.82) is 0 Å². The molecule has 0 radical (unpaired) electrons. The number of rotatable bonds is 5. The first-order chi connectivity index (χ1) is 9.62. The van der Waals surface area contributed by atoms with Gasteiger partial charge in [0.05, 0.1) is 12.7 Å². The second-order valence-electron chi connectivity index (χ2n) is 5.51. The van der Waals surface area contributed by atoms with Crippen LogP contribution in [0.3, 0.4) is 0 Å². The summed E-state index contributed by atoms with van der Waals surface area (Å²) in [6.45, 7) is 0. The average Bonchev–Trinajstić information content (AvgIpc) is 2.48. The summed E-state index contributed by atoms with van der Waals surface area (Å²) in [5.41, 5.74) is -0.0465. The van der Waals surface area contributed by atoms with E-state index in [9.17, 15) is 9.18 Å². The molecule has 0 saturated heterocycles. The van der Waals surface area contributed by atoms with Crippen LogP contribution in [0, 0.1) is 5.82 Å². The van der Waals surface area contributed by atoms with Crippen molar-refractivity contribution in [3.8, 4) is 5.75 Å². The first-order valence-corrected chi connectivity index (χ1v) is 7.16. The van der Waals surface area contributed by atoms with Crippen molar-refractivity contribution in [1.82, 2.24) is 5.32 Å². The highest BCUT2D eigenvalue weighted by atomic mass is 19.1. The molecular formula is C16H22FNO2. The third-order valence-electron chi connectivity index (χ3n) is 4.32. The van der Waals surface area contributed by atoms with Gasteiger partial charge >= 0.3 is 0 Å². The molecule has 0 bridgehead atoms. The minimum Gasteiger partial charge on any atom is -0.494 e. The van der Waals surface area contributed by atoms with Crippen LogP contribution < -0.4 is 10.1 Å². The quantitative estimate of drug-likeness (QED) is 0.840. The van der Waals surface area contributed by atoms with Gasteiger partial charge in [-0.2, -0.15) is 0 Å². The minimum absolute atomic E-state index is 0.123. The summed E-state index contributed by atoms with van der Waals surface area (Å²) in [7, 11) is 3.30. The Morgan fingerprint density at radius 3 is 2.65 bits per heavy atom. The number of Topliss-reactive ketones (excluding diaryl/α,β-unsaturated/α-hetero) is 1. The molecule has 0 aliphatic heterocycles. The van der Waals surface area contributed by atoms with Crippen molar-refractivity contribution in [2.75, 3.05) is 14.2 Å². The van der Waals surface area contributed by atoms with E-state index >= 15 is 0 Å². The molecule has 0 heterocycles. The van der Waals surface area contributed by atoms with E-state index in [1.54, 1.807) is 6.07 Å². The Bertz CT molecular complexity index is 481. The van der Waals surface area contributed by atoms with Crippen molar-refractivity contribution >= 4 is 5.78 Å². The Morgan fingerprint density at radius 2 is 2.05 bits per heavy atom. The molecule has 2 rings (SSSR count). The van der Waals surface area contributed by atoms with Gasteiger partial charge in [-0.1, -0.05) is 25.3 Å². The van der Waals surface area contributed by atoms with Crippen LogP contribution in [0.5, 0.6) is 5.75 Å². The lowest BCUT2D eigenvalue weighted by Gasteiger charge is -2.36. The molecular weight excluding hydrogens is 257 g/mol. The van der Waals surface area contributed by atoms with Crippen LogP contribution >= 0.6 is 0 Å². The summed E-state index contributed by atoms with van der Waals surface area (Å²) in [5.74, 6) is -0.585. The van der Waals surface area contributed by atoms with Gasteiger partial charge in [-0.05, 0) is 32.0 Å². The highest BCUT2D eigenvalue weighted by Crippen LogP contribution is 2.32. The van der Waals surface area contributed by atoms with E-state index in [0.717, 1.165) is 25.7 Å². The number of carbonyl (C=O) groups is 1. The SMILES string of the molecule is CNC1(CC(=O)c2cccc(OC)c2F)CCCCC1. The van der Waals surface area contributed by atoms with Crippen LogP contribution in [0.4, 0.5) is 4.39 Å². The Morgan fingerprint density at radius 1 is 1.35 bits per heavy atom. The highest BCUT2D eigenvalue weighted by molar-refractivity contribution is 5.97. The van der Waals surface area contributed by atoms with Crippen LogP contribution in [-0.4, -0.2) is 25.5 Å². The fourth-order valence-corrected chi connectivity index (χ4v) is 3.03. The van der Waals surface area contributed by atoms with E-state index in [1.165, 1.54) is 25.7 Å². The molecule has 0 amide bonds. The van der Waals surface area contributed by atoms with Gasteiger partial charge < -0.3 is 10.1 Å². The number of benzene rings is 1. The van der Waals surface area contributed by atoms with Crippen molar-refractivity contribution in [3.63, 3.8) is 0 Å². The van der Waals surface area contributed by atoms with Crippen LogP contribution in [-0.2, 0) is 0 Å². The Hall–Kier alpha value is -1.42. The normalized spacial score (nSPS) is 17.8. The summed E-state index contributed by atoms with van der Waals surface area (Å²) in [5, 5.41) is 3.29. The van der Waals surface area contributed by atoms with Gasteiger partial charge in [0, 0.05) is 12.0 Å². The molecule has 1 fully saturated rings. The zero-order valence-electron chi connectivity index (χ0n) is 12.2. The number of ketones is 1. The van der Waals surface area contributed by atoms with E-state index < -0.39 is 5.82 Å². The maximum absolute atomic E-state index is 14.1. The van der Waals surface area contributed by atoms with E-state index in [2.05, 4.69) is 5.32 Å². The molecule has 4 heteroatoms. The van der Waals surface area contributed by atoms with Gasteiger partial charge in [0.25, 0.3) is 0 Å². The van der Waals surface area contributed by atoms with E-state index in [-0.39, 0.29) is 22.6 Å². The van der Waals surface area contributed by atoms with Gasteiger partial charge in [0.1, 0.15) is 0 Å². The average molecular weight is 279 g/mol. The second-order valence-corrected chi connectivity index (χ2v) is 5.51. The summed E-state index contributed by atoms with van der Waals surface area (Å²) >= 11 is 0. The molecule has 20 heavy (non-hydrogen) atoms. The van der Waals surface area contributed by atoms with Gasteiger partial charge in [-0.15, -0.1) is 0 Å². The second kappa shape index (κ2) is 6.35. The number of nitrogens with one attached hydrogen (secondary N) is 1. The lowest BCUT2D eigenvalue weighted by Crippen LogP contribution is -2.46. The minimum atomic E-state index is -0.554. The maximum Gasteiger partial charge on any atom is 0.175 e. The summed E-state index contributed by atoms with van der Waals surface area (Å²) in [6, 6.07) is 4.72. The number of carbonyl (C=O) groups excluding carboxylic acids is 1. The lowest BCUT2D eigenvalue weighted by atomic mass is 9.77. The van der Waals surface area contributed by atoms with Crippen molar-refractivity contribution in [2.24, 2.45) is 0 Å². The van der Waals surface area contributed by atoms with Gasteiger partial charge in [-0.3, -0.25) is 4.79 Å². The van der Waals surface area contributed by atoms with E-state index in [4.69, 9.17) is 4.74 Å². The highest BCUT2D eigenvalue weighted by Gasteiger charge is 2.33. The first-order valence-electron chi connectivity index (χ1n) is 7.16. The van der Waals surface area contributed by atoms with E-state index in [1.807, 2.05) is 7.05 Å². The first kappa shape index (κ1) is 15.0. The maximum atomic E-state index is 14.1. The molecule has 0 aromatic heterocycles. The van der Waals surface area contributed by atoms with E-state index in [0.29, 0.717) is 6.42 Å². The predicted molar refractivity (Wildman–Crippen MR) is 76.8 cm³/mol. The van der Waals surface area contributed by atoms with Crippen LogP contribution in [0.1, 0.15) is 48.9 Å². The standard InChI is InChI=1S/C16H22FNO2/c1-18-16(9-4-3-5-10-16)11-13(19)12-7-6-8-14(20-2)15(12)17/h6-8,18H,3-5,9-11H2,1-2H3. The topological polar surface area (TPSA) is 38.3 Å². The Labute approximate surface area is 119 Å². The zero-order valence-corrected chi connectivity index (χ0v) is 12.2. The third kappa shape index (κ3) is 3.01. The summed E-state index contributed by atoms with van der Waals surface area (Å²) in [6.07, 6.45) is 5.74. The predicted octanol–water partition coefficient (Wildman–Crippen LogP) is 3.33. The fraction of sp³-hybridized carbons (Fsp3) is 0.562.